The number of hydrogen-bond acceptors (Lipinski definition) is 4. The summed E-state index contributed by atoms with van der Waals surface area (Å²) < 4.78 is 6.05. The zero-order valence-electron chi connectivity index (χ0n) is 15.1. The summed E-state index contributed by atoms with van der Waals surface area (Å²) in [4.78, 5) is 4.40. The van der Waals surface area contributed by atoms with E-state index in [0.717, 1.165) is 25.3 Å². The van der Waals surface area contributed by atoms with Crippen molar-refractivity contribution in [3.63, 3.8) is 0 Å². The summed E-state index contributed by atoms with van der Waals surface area (Å²) in [6.45, 7) is 3.07. The molecule has 3 rings (SSSR count). The second-order valence-electron chi connectivity index (χ2n) is 6.98. The third-order valence-corrected chi connectivity index (χ3v) is 4.86. The fraction of sp³-hybridized carbons (Fsp3) is 0.429. The maximum atomic E-state index is 10.2. The zero-order valence-corrected chi connectivity index (χ0v) is 15.1. The van der Waals surface area contributed by atoms with Gasteiger partial charge in [0.25, 0.3) is 0 Å². The van der Waals surface area contributed by atoms with Crippen LogP contribution in [0.2, 0.25) is 0 Å². The third-order valence-electron chi connectivity index (χ3n) is 4.86. The molecular formula is C21H28N2O2. The van der Waals surface area contributed by atoms with E-state index in [1.807, 2.05) is 32.3 Å². The van der Waals surface area contributed by atoms with Crippen LogP contribution in [0.5, 0.6) is 5.75 Å². The number of aliphatic hydroxyl groups excluding tert-OH is 1. The Bertz CT molecular complexity index is 660. The van der Waals surface area contributed by atoms with Crippen molar-refractivity contribution in [3.8, 4) is 5.75 Å². The highest BCUT2D eigenvalue weighted by Gasteiger charge is 2.32. The lowest BCUT2D eigenvalue weighted by Crippen LogP contribution is -2.37. The number of ether oxygens (including phenoxy) is 1. The highest BCUT2D eigenvalue weighted by molar-refractivity contribution is 5.33. The van der Waals surface area contributed by atoms with E-state index in [1.165, 1.54) is 11.1 Å². The van der Waals surface area contributed by atoms with Crippen LogP contribution < -0.4 is 4.74 Å². The molecule has 2 atom stereocenters. The first-order valence-electron chi connectivity index (χ1n) is 8.95. The van der Waals surface area contributed by atoms with Crippen molar-refractivity contribution in [2.75, 3.05) is 33.8 Å². The van der Waals surface area contributed by atoms with E-state index < -0.39 is 0 Å². The minimum absolute atomic E-state index is 0.200. The molecule has 4 heteroatoms. The maximum Gasteiger partial charge on any atom is 0.123 e. The molecule has 4 nitrogen and oxygen atoms in total. The van der Waals surface area contributed by atoms with Gasteiger partial charge < -0.3 is 14.7 Å². The molecule has 0 amide bonds. The smallest absolute Gasteiger partial charge is 0.123 e. The Morgan fingerprint density at radius 2 is 1.76 bits per heavy atom. The number of β-amino-alcohol motifs (C(OH)–C–C–N with tert-alkyl or cyclic N) is 1. The van der Waals surface area contributed by atoms with E-state index in [2.05, 4.69) is 46.2 Å². The summed E-state index contributed by atoms with van der Waals surface area (Å²) in [6.07, 6.45) is 0.612. The molecule has 134 valence electrons. The van der Waals surface area contributed by atoms with E-state index in [-0.39, 0.29) is 12.1 Å². The Balaban J connectivity index is 1.58. The molecule has 0 radical (unpaired) electrons. The number of likely N-dealkylation sites (N-methyl/N-ethyl adjacent to an activating group) is 1. The summed E-state index contributed by atoms with van der Waals surface area (Å²) >= 11 is 0. The highest BCUT2D eigenvalue weighted by Crippen LogP contribution is 2.23. The number of likely N-dealkylation sites (tertiary alicyclic amines) is 1. The number of aliphatic hydroxyl groups is 1. The average molecular weight is 340 g/mol. The van der Waals surface area contributed by atoms with Gasteiger partial charge in [0, 0.05) is 37.7 Å². The molecule has 25 heavy (non-hydrogen) atoms. The van der Waals surface area contributed by atoms with Gasteiger partial charge >= 0.3 is 0 Å². The molecule has 1 heterocycles. The average Bonchev–Trinajstić information content (AvgIpc) is 2.98. The highest BCUT2D eigenvalue weighted by atomic mass is 16.5. The van der Waals surface area contributed by atoms with Crippen molar-refractivity contribution in [3.05, 3.63) is 65.7 Å². The van der Waals surface area contributed by atoms with Crippen LogP contribution in [0.15, 0.2) is 54.6 Å². The summed E-state index contributed by atoms with van der Waals surface area (Å²) in [6, 6.07) is 18.8. The molecule has 0 aliphatic carbocycles. The Hall–Kier alpha value is -1.88. The molecule has 1 aliphatic heterocycles. The molecule has 1 saturated heterocycles. The van der Waals surface area contributed by atoms with Gasteiger partial charge in [-0.25, -0.2) is 0 Å². The molecule has 0 aromatic heterocycles. The quantitative estimate of drug-likeness (QED) is 0.840. The van der Waals surface area contributed by atoms with Crippen LogP contribution in [-0.4, -0.2) is 60.8 Å². The fourth-order valence-corrected chi connectivity index (χ4v) is 3.42. The van der Waals surface area contributed by atoms with Gasteiger partial charge in [-0.2, -0.15) is 0 Å². The molecule has 0 spiro atoms. The van der Waals surface area contributed by atoms with E-state index in [4.69, 9.17) is 4.74 Å². The van der Waals surface area contributed by atoms with Crippen molar-refractivity contribution >= 4 is 0 Å². The Morgan fingerprint density at radius 1 is 1.04 bits per heavy atom. The van der Waals surface area contributed by atoms with Gasteiger partial charge in [-0.05, 0) is 25.7 Å². The monoisotopic (exact) mass is 340 g/mol. The molecule has 0 saturated carbocycles. The van der Waals surface area contributed by atoms with Gasteiger partial charge in [0.15, 0.2) is 0 Å². The molecule has 1 N–H and O–H groups in total. The molecule has 1 aliphatic rings. The van der Waals surface area contributed by atoms with E-state index >= 15 is 0 Å². The summed E-state index contributed by atoms with van der Waals surface area (Å²) in [7, 11) is 4.05. The molecule has 0 unspecified atom stereocenters. The van der Waals surface area contributed by atoms with Gasteiger partial charge in [-0.15, -0.1) is 0 Å². The zero-order chi connectivity index (χ0) is 17.6. The molecule has 0 bridgehead atoms. The first kappa shape index (κ1) is 17.9. The van der Waals surface area contributed by atoms with E-state index in [0.29, 0.717) is 13.2 Å². The largest absolute Gasteiger partial charge is 0.493 e. The fourth-order valence-electron chi connectivity index (χ4n) is 3.42. The summed E-state index contributed by atoms with van der Waals surface area (Å²) in [5.41, 5.74) is 2.47. The minimum atomic E-state index is -0.291. The van der Waals surface area contributed by atoms with Crippen molar-refractivity contribution < 1.29 is 9.84 Å². The molecule has 1 fully saturated rings. The lowest BCUT2D eigenvalue weighted by atomic mass is 10.1. The van der Waals surface area contributed by atoms with Crippen molar-refractivity contribution in [2.45, 2.75) is 25.1 Å². The van der Waals surface area contributed by atoms with Crippen LogP contribution in [0.4, 0.5) is 0 Å². The van der Waals surface area contributed by atoms with Gasteiger partial charge in [0.05, 0.1) is 12.7 Å². The van der Waals surface area contributed by atoms with Crippen LogP contribution in [0.3, 0.4) is 0 Å². The van der Waals surface area contributed by atoms with Crippen LogP contribution in [0.1, 0.15) is 11.1 Å². The van der Waals surface area contributed by atoms with Crippen LogP contribution in [0, 0.1) is 0 Å². The maximum absolute atomic E-state index is 10.2. The number of nitrogens with zero attached hydrogens (tertiary/aromatic N) is 2. The lowest BCUT2D eigenvalue weighted by Gasteiger charge is -2.22. The van der Waals surface area contributed by atoms with E-state index in [9.17, 15) is 5.11 Å². The third kappa shape index (κ3) is 4.82. The SMILES string of the molecule is CN(C)[C@H]1CN(Cc2ccccc2OCCc2ccccc2)C[C@@H]1O. The summed E-state index contributed by atoms with van der Waals surface area (Å²) in [5, 5.41) is 10.2. The normalized spacial score (nSPS) is 21.0. The number of benzene rings is 2. The number of hydrogen-bond donors (Lipinski definition) is 1. The Morgan fingerprint density at radius 3 is 2.48 bits per heavy atom. The van der Waals surface area contributed by atoms with Gasteiger partial charge in [-0.1, -0.05) is 48.5 Å². The molecular weight excluding hydrogens is 312 g/mol. The molecule has 2 aromatic carbocycles. The lowest BCUT2D eigenvalue weighted by molar-refractivity contribution is 0.112. The van der Waals surface area contributed by atoms with Gasteiger partial charge in [-0.3, -0.25) is 4.90 Å². The van der Waals surface area contributed by atoms with Crippen molar-refractivity contribution in [1.82, 2.24) is 9.80 Å². The van der Waals surface area contributed by atoms with Crippen molar-refractivity contribution in [1.29, 1.82) is 0 Å². The second kappa shape index (κ2) is 8.48. The Kier molecular flexibility index (Phi) is 6.08. The summed E-state index contributed by atoms with van der Waals surface area (Å²) in [5.74, 6) is 0.946. The van der Waals surface area contributed by atoms with Crippen molar-refractivity contribution in [2.24, 2.45) is 0 Å². The van der Waals surface area contributed by atoms with Gasteiger partial charge in [0.1, 0.15) is 5.75 Å². The van der Waals surface area contributed by atoms with E-state index in [1.54, 1.807) is 0 Å². The molecule has 2 aromatic rings. The topological polar surface area (TPSA) is 35.9 Å². The van der Waals surface area contributed by atoms with Crippen LogP contribution in [-0.2, 0) is 13.0 Å². The van der Waals surface area contributed by atoms with Gasteiger partial charge in [0.2, 0.25) is 0 Å². The first-order valence-corrected chi connectivity index (χ1v) is 8.95. The first-order chi connectivity index (χ1) is 12.1. The predicted molar refractivity (Wildman–Crippen MR) is 101 cm³/mol. The van der Waals surface area contributed by atoms with Crippen LogP contribution >= 0.6 is 0 Å². The van der Waals surface area contributed by atoms with Crippen LogP contribution in [0.25, 0.3) is 0 Å². The Labute approximate surface area is 150 Å². The predicted octanol–water partition coefficient (Wildman–Crippen LogP) is 2.41. The second-order valence-corrected chi connectivity index (χ2v) is 6.98. The standard InChI is InChI=1S/C21H28N2O2/c1-22(2)19-15-23(16-20(19)24)14-18-10-6-7-11-21(18)25-13-12-17-8-4-3-5-9-17/h3-11,19-20,24H,12-16H2,1-2H3/t19-,20-/m0/s1. The number of para-hydroxylation sites is 1. The number of rotatable bonds is 7. The minimum Gasteiger partial charge on any atom is -0.493 e.